The zero-order valence-electron chi connectivity index (χ0n) is 16.3. The van der Waals surface area contributed by atoms with Crippen LogP contribution in [-0.2, 0) is 13.0 Å². The number of ether oxygens (including phenoxy) is 1. The lowest BCUT2D eigenvalue weighted by molar-refractivity contribution is 0.0698. The van der Waals surface area contributed by atoms with Crippen LogP contribution in [0.2, 0.25) is 0 Å². The Bertz CT molecular complexity index is 700. The zero-order chi connectivity index (χ0) is 19.2. The van der Waals surface area contributed by atoms with Gasteiger partial charge in [0.05, 0.1) is 7.11 Å². The van der Waals surface area contributed by atoms with Crippen molar-refractivity contribution in [3.8, 4) is 5.75 Å². The van der Waals surface area contributed by atoms with Crippen molar-refractivity contribution in [1.29, 1.82) is 0 Å². The highest BCUT2D eigenvalue weighted by Crippen LogP contribution is 2.19. The van der Waals surface area contributed by atoms with E-state index in [1.807, 2.05) is 41.3 Å². The van der Waals surface area contributed by atoms with Crippen LogP contribution < -0.4 is 10.5 Å². The molecule has 2 rings (SSSR count). The molecular formula is C22H30N2O2. The van der Waals surface area contributed by atoms with Crippen LogP contribution in [0.5, 0.6) is 5.75 Å². The molecule has 4 nitrogen and oxygen atoms in total. The van der Waals surface area contributed by atoms with Gasteiger partial charge in [-0.25, -0.2) is 0 Å². The number of amides is 1. The van der Waals surface area contributed by atoms with Gasteiger partial charge in [-0.2, -0.15) is 0 Å². The number of carbonyl (C=O) groups is 1. The van der Waals surface area contributed by atoms with Gasteiger partial charge in [-0.05, 0) is 47.2 Å². The highest BCUT2D eigenvalue weighted by molar-refractivity contribution is 5.94. The lowest BCUT2D eigenvalue weighted by Crippen LogP contribution is -2.39. The molecule has 0 aliphatic rings. The van der Waals surface area contributed by atoms with Gasteiger partial charge in [0.2, 0.25) is 0 Å². The molecule has 0 spiro atoms. The molecule has 0 saturated carbocycles. The van der Waals surface area contributed by atoms with Crippen molar-refractivity contribution in [2.24, 2.45) is 11.1 Å². The molecule has 2 aromatic carbocycles. The minimum Gasteiger partial charge on any atom is -0.497 e. The number of nitrogens with two attached hydrogens (primary N) is 1. The predicted molar refractivity (Wildman–Crippen MR) is 106 cm³/mol. The maximum Gasteiger partial charge on any atom is 0.253 e. The summed E-state index contributed by atoms with van der Waals surface area (Å²) in [6.45, 7) is 8.33. The molecule has 4 heteroatoms. The van der Waals surface area contributed by atoms with Crippen LogP contribution in [0.15, 0.2) is 48.5 Å². The van der Waals surface area contributed by atoms with E-state index in [9.17, 15) is 4.79 Å². The summed E-state index contributed by atoms with van der Waals surface area (Å²) in [6.07, 6.45) is 0.812. The highest BCUT2D eigenvalue weighted by Gasteiger charge is 2.22. The largest absolute Gasteiger partial charge is 0.497 e. The summed E-state index contributed by atoms with van der Waals surface area (Å²) in [5.41, 5.74) is 8.61. The minimum absolute atomic E-state index is 0.0345. The first-order valence-electron chi connectivity index (χ1n) is 9.03. The lowest BCUT2D eigenvalue weighted by atomic mass is 9.95. The van der Waals surface area contributed by atoms with E-state index in [1.165, 1.54) is 5.56 Å². The quantitative estimate of drug-likeness (QED) is 0.821. The molecule has 0 fully saturated rings. The van der Waals surface area contributed by atoms with Gasteiger partial charge in [0.15, 0.2) is 0 Å². The molecule has 0 unspecified atom stereocenters. The molecule has 0 radical (unpaired) electrons. The van der Waals surface area contributed by atoms with E-state index in [0.29, 0.717) is 25.2 Å². The Hall–Kier alpha value is -2.33. The van der Waals surface area contributed by atoms with Crippen molar-refractivity contribution in [2.75, 3.05) is 20.2 Å². The van der Waals surface area contributed by atoms with Gasteiger partial charge >= 0.3 is 0 Å². The molecule has 0 saturated heterocycles. The Labute approximate surface area is 157 Å². The van der Waals surface area contributed by atoms with Gasteiger partial charge in [-0.15, -0.1) is 0 Å². The Morgan fingerprint density at radius 3 is 2.08 bits per heavy atom. The Balaban J connectivity index is 2.11. The molecule has 0 aromatic heterocycles. The summed E-state index contributed by atoms with van der Waals surface area (Å²) >= 11 is 0. The van der Waals surface area contributed by atoms with Gasteiger partial charge in [0.25, 0.3) is 5.91 Å². The molecule has 140 valence electrons. The first-order chi connectivity index (χ1) is 12.3. The summed E-state index contributed by atoms with van der Waals surface area (Å²) in [6, 6.07) is 15.6. The third kappa shape index (κ3) is 5.88. The van der Waals surface area contributed by atoms with Gasteiger partial charge < -0.3 is 15.4 Å². The highest BCUT2D eigenvalue weighted by atomic mass is 16.5. The Morgan fingerprint density at radius 2 is 1.58 bits per heavy atom. The van der Waals surface area contributed by atoms with Crippen molar-refractivity contribution in [3.63, 3.8) is 0 Å². The molecule has 0 atom stereocenters. The van der Waals surface area contributed by atoms with E-state index in [1.54, 1.807) is 7.11 Å². The second-order valence-corrected chi connectivity index (χ2v) is 7.79. The third-order valence-electron chi connectivity index (χ3n) is 4.22. The smallest absolute Gasteiger partial charge is 0.253 e. The zero-order valence-corrected chi connectivity index (χ0v) is 16.3. The van der Waals surface area contributed by atoms with E-state index in [2.05, 4.69) is 32.9 Å². The number of benzene rings is 2. The number of hydrogen-bond acceptors (Lipinski definition) is 3. The number of rotatable bonds is 7. The SMILES string of the molecule is COc1ccc(CCN(CC(C)(C)C)C(=O)c2ccc(CN)cc2)cc1. The summed E-state index contributed by atoms with van der Waals surface area (Å²) in [7, 11) is 1.66. The number of hydrogen-bond donors (Lipinski definition) is 1. The molecule has 2 N–H and O–H groups in total. The Kier molecular flexibility index (Phi) is 6.81. The third-order valence-corrected chi connectivity index (χ3v) is 4.22. The second kappa shape index (κ2) is 8.86. The standard InChI is InChI=1S/C22H30N2O2/c1-22(2,3)16-24(14-13-17-7-11-20(26-4)12-8-17)21(25)19-9-5-18(15-23)6-10-19/h5-12H,13-16,23H2,1-4H3. The lowest BCUT2D eigenvalue weighted by Gasteiger charge is -2.30. The van der Waals surface area contributed by atoms with Crippen LogP contribution in [0.25, 0.3) is 0 Å². The summed E-state index contributed by atoms with van der Waals surface area (Å²) in [4.78, 5) is 15.0. The number of methoxy groups -OCH3 is 1. The van der Waals surface area contributed by atoms with Crippen molar-refractivity contribution in [1.82, 2.24) is 4.90 Å². The van der Waals surface area contributed by atoms with Crippen molar-refractivity contribution in [2.45, 2.75) is 33.7 Å². The monoisotopic (exact) mass is 354 g/mol. The van der Waals surface area contributed by atoms with Gasteiger partial charge in [-0.3, -0.25) is 4.79 Å². The van der Waals surface area contributed by atoms with Crippen molar-refractivity contribution < 1.29 is 9.53 Å². The maximum atomic E-state index is 13.0. The van der Waals surface area contributed by atoms with Crippen LogP contribution in [-0.4, -0.2) is 31.0 Å². The normalized spacial score (nSPS) is 11.3. The van der Waals surface area contributed by atoms with E-state index < -0.39 is 0 Å². The van der Waals surface area contributed by atoms with E-state index in [4.69, 9.17) is 10.5 Å². The van der Waals surface area contributed by atoms with Crippen LogP contribution >= 0.6 is 0 Å². The van der Waals surface area contributed by atoms with Crippen LogP contribution in [0.3, 0.4) is 0 Å². The van der Waals surface area contributed by atoms with Crippen molar-refractivity contribution in [3.05, 3.63) is 65.2 Å². The average molecular weight is 354 g/mol. The van der Waals surface area contributed by atoms with E-state index in [0.717, 1.165) is 17.7 Å². The fraction of sp³-hybridized carbons (Fsp3) is 0.409. The molecule has 0 aliphatic heterocycles. The molecule has 0 heterocycles. The summed E-state index contributed by atoms with van der Waals surface area (Å²) in [5.74, 6) is 0.911. The second-order valence-electron chi connectivity index (χ2n) is 7.79. The fourth-order valence-corrected chi connectivity index (χ4v) is 2.85. The fourth-order valence-electron chi connectivity index (χ4n) is 2.85. The minimum atomic E-state index is 0.0345. The molecule has 1 amide bonds. The first kappa shape index (κ1) is 20.0. The molecule has 2 aromatic rings. The summed E-state index contributed by atoms with van der Waals surface area (Å²) < 4.78 is 5.20. The van der Waals surface area contributed by atoms with Gasteiger partial charge in [-0.1, -0.05) is 45.0 Å². The topological polar surface area (TPSA) is 55.6 Å². The number of nitrogens with zero attached hydrogens (tertiary/aromatic N) is 1. The molecule has 26 heavy (non-hydrogen) atoms. The van der Waals surface area contributed by atoms with Crippen LogP contribution in [0.1, 0.15) is 42.3 Å². The van der Waals surface area contributed by atoms with E-state index >= 15 is 0 Å². The van der Waals surface area contributed by atoms with E-state index in [-0.39, 0.29) is 11.3 Å². The van der Waals surface area contributed by atoms with Gasteiger partial charge in [0, 0.05) is 25.2 Å². The molecule has 0 bridgehead atoms. The van der Waals surface area contributed by atoms with Gasteiger partial charge in [0.1, 0.15) is 5.75 Å². The Morgan fingerprint density at radius 1 is 1.00 bits per heavy atom. The summed E-state index contributed by atoms with van der Waals surface area (Å²) in [5, 5.41) is 0. The van der Waals surface area contributed by atoms with Crippen molar-refractivity contribution >= 4 is 5.91 Å². The molecule has 0 aliphatic carbocycles. The molecular weight excluding hydrogens is 324 g/mol. The first-order valence-corrected chi connectivity index (χ1v) is 9.03. The maximum absolute atomic E-state index is 13.0. The predicted octanol–water partition coefficient (Wildman–Crippen LogP) is 3.88. The van der Waals surface area contributed by atoms with Crippen LogP contribution in [0, 0.1) is 5.41 Å². The average Bonchev–Trinajstić information content (AvgIpc) is 2.64. The number of carbonyl (C=O) groups excluding carboxylic acids is 1. The van der Waals surface area contributed by atoms with Crippen LogP contribution in [0.4, 0.5) is 0 Å².